The number of rotatable bonds is 4. The quantitative estimate of drug-likeness (QED) is 0.720. The van der Waals surface area contributed by atoms with E-state index in [9.17, 15) is 4.79 Å². The first-order valence-corrected chi connectivity index (χ1v) is 5.74. The van der Waals surface area contributed by atoms with Crippen molar-refractivity contribution in [3.63, 3.8) is 0 Å². The van der Waals surface area contributed by atoms with Gasteiger partial charge in [-0.2, -0.15) is 5.10 Å². The number of nitrogens with one attached hydrogen (secondary N) is 2. The molecular weight excluding hydrogens is 248 g/mol. The lowest BCUT2D eigenvalue weighted by molar-refractivity contribution is 0.0942. The summed E-state index contributed by atoms with van der Waals surface area (Å²) >= 11 is 4.98. The molecule has 92 valence electrons. The van der Waals surface area contributed by atoms with Gasteiger partial charge in [-0.15, -0.1) is 0 Å². The van der Waals surface area contributed by atoms with E-state index >= 15 is 0 Å². The Morgan fingerprint density at radius 1 is 1.33 bits per heavy atom. The van der Waals surface area contributed by atoms with Gasteiger partial charge in [0.1, 0.15) is 16.7 Å². The van der Waals surface area contributed by atoms with E-state index < -0.39 is 6.04 Å². The number of hydrogen-bond donors (Lipinski definition) is 3. The Balaban J connectivity index is 2.18. The second kappa shape index (κ2) is 5.42. The van der Waals surface area contributed by atoms with Gasteiger partial charge >= 0.3 is 0 Å². The first-order valence-electron chi connectivity index (χ1n) is 5.33. The van der Waals surface area contributed by atoms with Gasteiger partial charge in [0.05, 0.1) is 0 Å². The van der Waals surface area contributed by atoms with Gasteiger partial charge in [0, 0.05) is 6.20 Å². The number of hydrogen-bond acceptors (Lipinski definition) is 3. The number of nitrogens with two attached hydrogens (primary N) is 1. The van der Waals surface area contributed by atoms with E-state index in [2.05, 4.69) is 15.5 Å². The predicted molar refractivity (Wildman–Crippen MR) is 72.0 cm³/mol. The molecule has 0 saturated heterocycles. The Hall–Kier alpha value is -2.21. The van der Waals surface area contributed by atoms with Crippen LogP contribution in [-0.4, -0.2) is 21.1 Å². The number of benzene rings is 1. The second-order valence-corrected chi connectivity index (χ2v) is 4.16. The fourth-order valence-electron chi connectivity index (χ4n) is 1.56. The molecule has 0 radical (unpaired) electrons. The molecule has 0 aliphatic heterocycles. The Bertz CT molecular complexity index is 538. The lowest BCUT2D eigenvalue weighted by Crippen LogP contribution is -2.36. The molecule has 6 heteroatoms. The van der Waals surface area contributed by atoms with E-state index in [1.807, 2.05) is 30.3 Å². The smallest absolute Gasteiger partial charge is 0.270 e. The van der Waals surface area contributed by atoms with Gasteiger partial charge in [-0.1, -0.05) is 42.5 Å². The Morgan fingerprint density at radius 3 is 2.61 bits per heavy atom. The fraction of sp³-hybridized carbons (Fsp3) is 0.0833. The van der Waals surface area contributed by atoms with Gasteiger partial charge in [-0.25, -0.2) is 0 Å². The molecule has 1 heterocycles. The van der Waals surface area contributed by atoms with E-state index in [0.29, 0.717) is 5.69 Å². The van der Waals surface area contributed by atoms with Crippen LogP contribution in [0, 0.1) is 0 Å². The molecule has 1 aromatic carbocycles. The van der Waals surface area contributed by atoms with Crippen molar-refractivity contribution in [3.05, 3.63) is 53.9 Å². The molecule has 1 aromatic heterocycles. The van der Waals surface area contributed by atoms with Crippen molar-refractivity contribution >= 4 is 23.1 Å². The number of thiocarbonyl (C=S) groups is 1. The third-order valence-electron chi connectivity index (χ3n) is 2.44. The third kappa shape index (κ3) is 2.72. The van der Waals surface area contributed by atoms with Gasteiger partial charge < -0.3 is 11.1 Å². The molecule has 1 atom stereocenters. The molecular formula is C12H12N4OS. The molecule has 18 heavy (non-hydrogen) atoms. The number of nitrogens with zero attached hydrogens (tertiary/aromatic N) is 1. The minimum Gasteiger partial charge on any atom is -0.391 e. The summed E-state index contributed by atoms with van der Waals surface area (Å²) < 4.78 is 0. The van der Waals surface area contributed by atoms with Crippen LogP contribution in [0.4, 0.5) is 0 Å². The summed E-state index contributed by atoms with van der Waals surface area (Å²) in [7, 11) is 0. The average Bonchev–Trinajstić information content (AvgIpc) is 2.90. The highest BCUT2D eigenvalue weighted by molar-refractivity contribution is 7.80. The molecule has 0 bridgehead atoms. The largest absolute Gasteiger partial charge is 0.391 e. The van der Waals surface area contributed by atoms with E-state index in [4.69, 9.17) is 18.0 Å². The minimum absolute atomic E-state index is 0.217. The predicted octanol–water partition coefficient (Wildman–Crippen LogP) is 1.17. The topological polar surface area (TPSA) is 83.8 Å². The average molecular weight is 260 g/mol. The summed E-state index contributed by atoms with van der Waals surface area (Å²) in [6.07, 6.45) is 1.51. The van der Waals surface area contributed by atoms with Crippen LogP contribution in [0.15, 0.2) is 42.6 Å². The Labute approximate surface area is 109 Å². The molecule has 0 spiro atoms. The van der Waals surface area contributed by atoms with Crippen LogP contribution in [0.25, 0.3) is 0 Å². The van der Waals surface area contributed by atoms with E-state index in [1.54, 1.807) is 6.07 Å². The zero-order valence-corrected chi connectivity index (χ0v) is 10.3. The zero-order chi connectivity index (χ0) is 13.0. The number of amides is 1. The number of carbonyl (C=O) groups is 1. The Kier molecular flexibility index (Phi) is 3.69. The van der Waals surface area contributed by atoms with Crippen LogP contribution < -0.4 is 11.1 Å². The summed E-state index contributed by atoms with van der Waals surface area (Å²) in [5.74, 6) is -0.297. The summed E-state index contributed by atoms with van der Waals surface area (Å²) in [4.78, 5) is 12.1. The fourth-order valence-corrected chi connectivity index (χ4v) is 1.75. The van der Waals surface area contributed by atoms with Crippen LogP contribution in [0.3, 0.4) is 0 Å². The monoisotopic (exact) mass is 260 g/mol. The first kappa shape index (κ1) is 12.3. The lowest BCUT2D eigenvalue weighted by atomic mass is 10.1. The van der Waals surface area contributed by atoms with Crippen LogP contribution in [0.1, 0.15) is 22.1 Å². The maximum Gasteiger partial charge on any atom is 0.270 e. The van der Waals surface area contributed by atoms with Crippen molar-refractivity contribution < 1.29 is 4.79 Å². The molecule has 1 amide bonds. The van der Waals surface area contributed by atoms with Crippen molar-refractivity contribution in [1.29, 1.82) is 0 Å². The van der Waals surface area contributed by atoms with Gasteiger partial charge in [0.25, 0.3) is 5.91 Å². The number of aromatic amines is 1. The first-order chi connectivity index (χ1) is 8.68. The van der Waals surface area contributed by atoms with Crippen LogP contribution in [-0.2, 0) is 0 Å². The summed E-state index contributed by atoms with van der Waals surface area (Å²) in [5.41, 5.74) is 6.87. The minimum atomic E-state index is -0.489. The molecule has 0 fully saturated rings. The molecule has 4 N–H and O–H groups in total. The maximum atomic E-state index is 11.9. The molecule has 2 rings (SSSR count). The van der Waals surface area contributed by atoms with Crippen molar-refractivity contribution in [1.82, 2.24) is 15.5 Å². The molecule has 0 saturated carbocycles. The van der Waals surface area contributed by atoms with E-state index in [-0.39, 0.29) is 10.9 Å². The van der Waals surface area contributed by atoms with Crippen LogP contribution in [0.2, 0.25) is 0 Å². The SMILES string of the molecule is NC(=S)C(NC(=O)c1ccn[nH]1)c1ccccc1. The number of carbonyl (C=O) groups excluding carboxylic acids is 1. The highest BCUT2D eigenvalue weighted by atomic mass is 32.1. The molecule has 0 aliphatic carbocycles. The zero-order valence-electron chi connectivity index (χ0n) is 9.46. The van der Waals surface area contributed by atoms with Crippen molar-refractivity contribution in [2.24, 2.45) is 5.73 Å². The van der Waals surface area contributed by atoms with Crippen molar-refractivity contribution in [2.45, 2.75) is 6.04 Å². The highest BCUT2D eigenvalue weighted by Crippen LogP contribution is 2.13. The van der Waals surface area contributed by atoms with Crippen LogP contribution >= 0.6 is 12.2 Å². The van der Waals surface area contributed by atoms with Crippen LogP contribution in [0.5, 0.6) is 0 Å². The molecule has 2 aromatic rings. The van der Waals surface area contributed by atoms with E-state index in [1.165, 1.54) is 6.20 Å². The summed E-state index contributed by atoms with van der Waals surface area (Å²) in [6.45, 7) is 0. The summed E-state index contributed by atoms with van der Waals surface area (Å²) in [6, 6.07) is 10.4. The van der Waals surface area contributed by atoms with E-state index in [0.717, 1.165) is 5.56 Å². The van der Waals surface area contributed by atoms with Gasteiger partial charge in [0.15, 0.2) is 0 Å². The molecule has 0 aliphatic rings. The number of H-pyrrole nitrogens is 1. The maximum absolute atomic E-state index is 11.9. The number of aromatic nitrogens is 2. The normalized spacial score (nSPS) is 11.8. The third-order valence-corrected chi connectivity index (χ3v) is 2.67. The lowest BCUT2D eigenvalue weighted by Gasteiger charge is -2.17. The molecule has 5 nitrogen and oxygen atoms in total. The van der Waals surface area contributed by atoms with Gasteiger partial charge in [-0.3, -0.25) is 9.89 Å². The van der Waals surface area contributed by atoms with Crippen molar-refractivity contribution in [3.8, 4) is 0 Å². The highest BCUT2D eigenvalue weighted by Gasteiger charge is 2.18. The van der Waals surface area contributed by atoms with Gasteiger partial charge in [-0.05, 0) is 11.6 Å². The standard InChI is InChI=1S/C12H12N4OS/c13-11(18)10(8-4-2-1-3-5-8)15-12(17)9-6-7-14-16-9/h1-7,10H,(H2,13,18)(H,14,16)(H,15,17). The second-order valence-electron chi connectivity index (χ2n) is 3.69. The van der Waals surface area contributed by atoms with Crippen molar-refractivity contribution in [2.75, 3.05) is 0 Å². The van der Waals surface area contributed by atoms with Gasteiger partial charge in [0.2, 0.25) is 0 Å². The molecule has 1 unspecified atom stereocenters. The summed E-state index contributed by atoms with van der Waals surface area (Å²) in [5, 5.41) is 9.06. The Morgan fingerprint density at radius 2 is 2.06 bits per heavy atom.